The summed E-state index contributed by atoms with van der Waals surface area (Å²) in [6.07, 6.45) is -0.363. The second-order valence-corrected chi connectivity index (χ2v) is 11.4. The molecule has 2 atom stereocenters. The van der Waals surface area contributed by atoms with E-state index in [4.69, 9.17) is 13.9 Å². The van der Waals surface area contributed by atoms with Crippen LogP contribution in [0.5, 0.6) is 5.75 Å². The molecule has 188 valence electrons. The molecule has 4 aromatic rings. The average Bonchev–Trinajstić information content (AvgIpc) is 3.49. The first kappa shape index (κ1) is 24.4. The van der Waals surface area contributed by atoms with E-state index in [2.05, 4.69) is 10.3 Å². The van der Waals surface area contributed by atoms with Crippen molar-refractivity contribution in [2.24, 2.45) is 0 Å². The number of amides is 1. The van der Waals surface area contributed by atoms with E-state index in [1.807, 2.05) is 32.0 Å². The minimum absolute atomic E-state index is 0.137. The number of carbonyl (C=O) groups excluding carboxylic acids is 1. The van der Waals surface area contributed by atoms with Crippen LogP contribution >= 0.6 is 11.3 Å². The fraction of sp³-hybridized carbons (Fsp3) is 0.280. The number of hydrogen-bond donors (Lipinski definition) is 1. The normalized spacial score (nSPS) is 18.9. The first-order chi connectivity index (χ1) is 17.2. The Balaban J connectivity index is 1.28. The number of nitrogens with zero attached hydrogens (tertiary/aromatic N) is 2. The van der Waals surface area contributed by atoms with Crippen molar-refractivity contribution in [2.75, 3.05) is 25.5 Å². The second-order valence-electron chi connectivity index (χ2n) is 8.61. The number of thiazole rings is 1. The Hall–Kier alpha value is -3.25. The molecule has 1 amide bonds. The first-order valence-electron chi connectivity index (χ1n) is 11.3. The molecule has 5 rings (SSSR count). The molecule has 1 N–H and O–H groups in total. The number of rotatable bonds is 6. The van der Waals surface area contributed by atoms with Gasteiger partial charge in [0.25, 0.3) is 5.91 Å². The zero-order chi connectivity index (χ0) is 25.4. The summed E-state index contributed by atoms with van der Waals surface area (Å²) in [7, 11) is -2.08. The monoisotopic (exact) mass is 527 g/mol. The Morgan fingerprint density at radius 1 is 1.11 bits per heavy atom. The Kier molecular flexibility index (Phi) is 6.56. The molecule has 0 spiro atoms. The molecule has 0 aliphatic carbocycles. The van der Waals surface area contributed by atoms with Crippen molar-refractivity contribution >= 4 is 43.4 Å². The molecule has 1 saturated heterocycles. The minimum Gasteiger partial charge on any atom is -0.497 e. The molecule has 0 bridgehead atoms. The van der Waals surface area contributed by atoms with E-state index in [-0.39, 0.29) is 23.0 Å². The van der Waals surface area contributed by atoms with Crippen LogP contribution in [0.3, 0.4) is 0 Å². The van der Waals surface area contributed by atoms with E-state index in [0.717, 1.165) is 5.39 Å². The Morgan fingerprint density at radius 2 is 1.83 bits per heavy atom. The molecule has 1 aliphatic heterocycles. The predicted octanol–water partition coefficient (Wildman–Crippen LogP) is 4.62. The van der Waals surface area contributed by atoms with Crippen LogP contribution in [0, 0.1) is 0 Å². The molecule has 2 aromatic heterocycles. The highest BCUT2D eigenvalue weighted by molar-refractivity contribution is 7.89. The summed E-state index contributed by atoms with van der Waals surface area (Å²) in [6, 6.07) is 13.3. The summed E-state index contributed by atoms with van der Waals surface area (Å²) >= 11 is 1.27. The van der Waals surface area contributed by atoms with E-state index in [0.29, 0.717) is 46.6 Å². The molecule has 2 unspecified atom stereocenters. The average molecular weight is 528 g/mol. The van der Waals surface area contributed by atoms with Crippen molar-refractivity contribution in [3.05, 3.63) is 59.5 Å². The van der Waals surface area contributed by atoms with Crippen LogP contribution in [0.1, 0.15) is 24.2 Å². The maximum Gasteiger partial charge on any atom is 0.257 e. The van der Waals surface area contributed by atoms with E-state index < -0.39 is 10.0 Å². The number of methoxy groups -OCH3 is 1. The molecule has 2 aromatic carbocycles. The standard InChI is InChI=1S/C25H25N3O6S2/c1-15-12-28(13-16(2)33-15)36(30,31)20-8-5-17(6-9-20)24(29)27-25-26-21(14-35-25)23-10-18-4-7-19(32-3)11-22(18)34-23/h4-11,14-16H,12-13H2,1-3H3,(H,26,27,29). The number of ether oxygens (including phenoxy) is 2. The van der Waals surface area contributed by atoms with Gasteiger partial charge < -0.3 is 13.9 Å². The number of carbonyl (C=O) groups is 1. The van der Waals surface area contributed by atoms with Crippen LogP contribution in [0.4, 0.5) is 5.13 Å². The highest BCUT2D eigenvalue weighted by atomic mass is 32.2. The van der Waals surface area contributed by atoms with Crippen LogP contribution in [0.2, 0.25) is 0 Å². The van der Waals surface area contributed by atoms with Gasteiger partial charge in [-0.25, -0.2) is 13.4 Å². The first-order valence-corrected chi connectivity index (χ1v) is 13.7. The fourth-order valence-corrected chi connectivity index (χ4v) is 6.42. The molecule has 0 radical (unpaired) electrons. The Bertz CT molecular complexity index is 1500. The molecule has 11 heteroatoms. The summed E-state index contributed by atoms with van der Waals surface area (Å²) in [6.45, 7) is 4.28. The van der Waals surface area contributed by atoms with Crippen LogP contribution < -0.4 is 10.1 Å². The van der Waals surface area contributed by atoms with E-state index >= 15 is 0 Å². The van der Waals surface area contributed by atoms with Gasteiger partial charge in [0.1, 0.15) is 17.0 Å². The topological polar surface area (TPSA) is 111 Å². The lowest BCUT2D eigenvalue weighted by atomic mass is 10.2. The highest BCUT2D eigenvalue weighted by Crippen LogP contribution is 2.32. The molecule has 0 saturated carbocycles. The Labute approximate surface area is 212 Å². The number of nitrogens with one attached hydrogen (secondary N) is 1. The molecule has 36 heavy (non-hydrogen) atoms. The van der Waals surface area contributed by atoms with Gasteiger partial charge in [0.15, 0.2) is 10.9 Å². The number of sulfonamides is 1. The van der Waals surface area contributed by atoms with Crippen molar-refractivity contribution < 1.29 is 27.1 Å². The highest BCUT2D eigenvalue weighted by Gasteiger charge is 2.32. The van der Waals surface area contributed by atoms with Gasteiger partial charge in [0, 0.05) is 35.5 Å². The lowest BCUT2D eigenvalue weighted by Gasteiger charge is -2.34. The number of benzene rings is 2. The number of furan rings is 1. The van der Waals surface area contributed by atoms with Crippen molar-refractivity contribution in [1.29, 1.82) is 0 Å². The SMILES string of the molecule is COc1ccc2cc(-c3csc(NC(=O)c4ccc(S(=O)(=O)N5CC(C)OC(C)C5)cc4)n3)oc2c1. The van der Waals surface area contributed by atoms with E-state index in [1.165, 1.54) is 39.9 Å². The van der Waals surface area contributed by atoms with Gasteiger partial charge in [-0.15, -0.1) is 11.3 Å². The maximum absolute atomic E-state index is 13.0. The molecule has 1 fully saturated rings. The number of anilines is 1. The molecular weight excluding hydrogens is 502 g/mol. The molecular formula is C25H25N3O6S2. The van der Waals surface area contributed by atoms with E-state index in [1.54, 1.807) is 18.6 Å². The van der Waals surface area contributed by atoms with Gasteiger partial charge in [-0.05, 0) is 56.3 Å². The van der Waals surface area contributed by atoms with Crippen molar-refractivity contribution in [1.82, 2.24) is 9.29 Å². The van der Waals surface area contributed by atoms with Crippen LogP contribution in [-0.2, 0) is 14.8 Å². The number of aromatic nitrogens is 1. The molecule has 1 aliphatic rings. The predicted molar refractivity (Wildman–Crippen MR) is 137 cm³/mol. The number of morpholine rings is 1. The van der Waals surface area contributed by atoms with Crippen molar-refractivity contribution in [3.8, 4) is 17.2 Å². The van der Waals surface area contributed by atoms with Crippen LogP contribution in [0.25, 0.3) is 22.4 Å². The van der Waals surface area contributed by atoms with Gasteiger partial charge in [0.05, 0.1) is 24.2 Å². The van der Waals surface area contributed by atoms with Gasteiger partial charge in [-0.1, -0.05) is 0 Å². The summed E-state index contributed by atoms with van der Waals surface area (Å²) < 4.78 is 44.2. The minimum atomic E-state index is -3.68. The summed E-state index contributed by atoms with van der Waals surface area (Å²) in [5, 5.41) is 5.88. The van der Waals surface area contributed by atoms with Gasteiger partial charge >= 0.3 is 0 Å². The van der Waals surface area contributed by atoms with Gasteiger partial charge in [-0.3, -0.25) is 10.1 Å². The molecule has 3 heterocycles. The van der Waals surface area contributed by atoms with Crippen LogP contribution in [-0.4, -0.2) is 56.0 Å². The zero-order valence-electron chi connectivity index (χ0n) is 19.9. The third-order valence-electron chi connectivity index (χ3n) is 5.84. The van der Waals surface area contributed by atoms with E-state index in [9.17, 15) is 13.2 Å². The molecule has 9 nitrogen and oxygen atoms in total. The lowest BCUT2D eigenvalue weighted by Crippen LogP contribution is -2.48. The number of hydrogen-bond acceptors (Lipinski definition) is 8. The summed E-state index contributed by atoms with van der Waals surface area (Å²) in [5.41, 5.74) is 1.60. The third kappa shape index (κ3) is 4.87. The summed E-state index contributed by atoms with van der Waals surface area (Å²) in [4.78, 5) is 17.4. The second kappa shape index (κ2) is 9.66. The van der Waals surface area contributed by atoms with Gasteiger partial charge in [-0.2, -0.15) is 4.31 Å². The Morgan fingerprint density at radius 3 is 2.53 bits per heavy atom. The number of fused-ring (bicyclic) bond motifs is 1. The fourth-order valence-electron chi connectivity index (χ4n) is 4.13. The quantitative estimate of drug-likeness (QED) is 0.390. The van der Waals surface area contributed by atoms with Gasteiger partial charge in [0.2, 0.25) is 10.0 Å². The smallest absolute Gasteiger partial charge is 0.257 e. The van der Waals surface area contributed by atoms with Crippen molar-refractivity contribution in [2.45, 2.75) is 31.0 Å². The van der Waals surface area contributed by atoms with Crippen molar-refractivity contribution in [3.63, 3.8) is 0 Å². The van der Waals surface area contributed by atoms with Crippen LogP contribution in [0.15, 0.2) is 63.2 Å². The third-order valence-corrected chi connectivity index (χ3v) is 8.45. The maximum atomic E-state index is 13.0. The summed E-state index contributed by atoms with van der Waals surface area (Å²) in [5.74, 6) is 0.890. The lowest BCUT2D eigenvalue weighted by molar-refractivity contribution is -0.0440. The zero-order valence-corrected chi connectivity index (χ0v) is 21.6. The largest absolute Gasteiger partial charge is 0.497 e.